The Hall–Kier alpha value is -0.830. The van der Waals surface area contributed by atoms with Crippen LogP contribution in [0.15, 0.2) is 21.5 Å². The fourth-order valence-corrected chi connectivity index (χ4v) is 4.15. The van der Waals surface area contributed by atoms with Crippen LogP contribution in [0.25, 0.3) is 0 Å². The van der Waals surface area contributed by atoms with E-state index >= 15 is 0 Å². The Morgan fingerprint density at radius 2 is 2.15 bits per heavy atom. The Labute approximate surface area is 130 Å². The molecule has 0 heterocycles. The van der Waals surface area contributed by atoms with E-state index in [0.717, 1.165) is 0 Å². The summed E-state index contributed by atoms with van der Waals surface area (Å²) in [6, 6.07) is 1.46. The van der Waals surface area contributed by atoms with Gasteiger partial charge in [-0.05, 0) is 34.5 Å². The molecule has 0 aliphatic heterocycles. The zero-order valence-corrected chi connectivity index (χ0v) is 13.8. The summed E-state index contributed by atoms with van der Waals surface area (Å²) in [6.07, 6.45) is 0.110. The number of rotatable bonds is 6. The first-order chi connectivity index (χ1) is 9.22. The lowest BCUT2D eigenvalue weighted by atomic mass is 10.2. The number of hydrogen-bond acceptors (Lipinski definition) is 4. The highest BCUT2D eigenvalue weighted by Gasteiger charge is 2.27. The van der Waals surface area contributed by atoms with E-state index in [2.05, 4.69) is 20.7 Å². The molecule has 0 saturated carbocycles. The second-order valence-corrected chi connectivity index (χ2v) is 6.81. The molecule has 0 unspecified atom stereocenters. The molecule has 0 radical (unpaired) electrons. The van der Waals surface area contributed by atoms with Gasteiger partial charge in [-0.2, -0.15) is 4.72 Å². The number of methoxy groups -OCH3 is 1. The number of benzene rings is 1. The fourth-order valence-electron chi connectivity index (χ4n) is 1.49. The number of carboxylic acid groups (broad SMARTS) is 1. The lowest BCUT2D eigenvalue weighted by Gasteiger charge is -2.16. The number of halogens is 2. The smallest absolute Gasteiger partial charge is 0.321 e. The van der Waals surface area contributed by atoms with E-state index in [-0.39, 0.29) is 22.1 Å². The minimum Gasteiger partial charge on any atom is -0.494 e. The summed E-state index contributed by atoms with van der Waals surface area (Å²) in [6.45, 7) is 1.56. The van der Waals surface area contributed by atoms with Crippen molar-refractivity contribution in [2.45, 2.75) is 24.3 Å². The van der Waals surface area contributed by atoms with Crippen LogP contribution in [0.1, 0.15) is 13.3 Å². The van der Waals surface area contributed by atoms with Gasteiger partial charge in [-0.1, -0.05) is 18.5 Å². The first-order valence-electron chi connectivity index (χ1n) is 5.51. The topological polar surface area (TPSA) is 92.7 Å². The van der Waals surface area contributed by atoms with E-state index in [0.29, 0.717) is 4.47 Å². The van der Waals surface area contributed by atoms with E-state index in [9.17, 15) is 13.2 Å². The number of carbonyl (C=O) groups is 1. The lowest BCUT2D eigenvalue weighted by Crippen LogP contribution is -2.40. The van der Waals surface area contributed by atoms with Crippen LogP contribution in [0.5, 0.6) is 5.75 Å². The summed E-state index contributed by atoms with van der Waals surface area (Å²) in [4.78, 5) is 10.7. The molecule has 0 amide bonds. The van der Waals surface area contributed by atoms with Gasteiger partial charge in [0.2, 0.25) is 10.0 Å². The zero-order chi connectivity index (χ0) is 15.5. The van der Waals surface area contributed by atoms with Crippen molar-refractivity contribution in [3.8, 4) is 5.75 Å². The predicted octanol–water partition coefficient (Wildman–Crippen LogP) is 2.25. The van der Waals surface area contributed by atoms with Crippen molar-refractivity contribution in [1.82, 2.24) is 4.72 Å². The summed E-state index contributed by atoms with van der Waals surface area (Å²) in [5, 5.41) is 9.11. The molecule has 20 heavy (non-hydrogen) atoms. The Kier molecular flexibility index (Phi) is 5.81. The van der Waals surface area contributed by atoms with Gasteiger partial charge in [0.25, 0.3) is 0 Å². The largest absolute Gasteiger partial charge is 0.494 e. The molecule has 1 aromatic carbocycles. The van der Waals surface area contributed by atoms with Crippen molar-refractivity contribution in [3.63, 3.8) is 0 Å². The van der Waals surface area contributed by atoms with E-state index in [1.54, 1.807) is 6.92 Å². The van der Waals surface area contributed by atoms with Crippen LogP contribution < -0.4 is 9.46 Å². The third-order valence-electron chi connectivity index (χ3n) is 2.47. The zero-order valence-electron chi connectivity index (χ0n) is 10.7. The quantitative estimate of drug-likeness (QED) is 0.782. The maximum absolute atomic E-state index is 12.3. The van der Waals surface area contributed by atoms with Gasteiger partial charge in [0.15, 0.2) is 5.75 Å². The van der Waals surface area contributed by atoms with Gasteiger partial charge in [-0.15, -0.1) is 0 Å². The van der Waals surface area contributed by atoms with Crippen molar-refractivity contribution in [2.75, 3.05) is 7.11 Å². The molecule has 0 bridgehead atoms. The molecule has 0 fully saturated rings. The van der Waals surface area contributed by atoms with Crippen molar-refractivity contribution >= 4 is 43.5 Å². The molecule has 0 aliphatic carbocycles. The summed E-state index contributed by atoms with van der Waals surface area (Å²) in [5.41, 5.74) is 0. The molecular formula is C11H13BrClNO5S. The van der Waals surface area contributed by atoms with Crippen LogP contribution in [-0.2, 0) is 14.8 Å². The van der Waals surface area contributed by atoms with Crippen molar-refractivity contribution < 1.29 is 23.1 Å². The first-order valence-corrected chi connectivity index (χ1v) is 8.16. The second-order valence-electron chi connectivity index (χ2n) is 3.84. The second kappa shape index (κ2) is 6.75. The molecule has 1 atom stereocenters. The summed E-state index contributed by atoms with van der Waals surface area (Å²) in [7, 11) is -2.77. The number of hydrogen-bond donors (Lipinski definition) is 2. The molecule has 0 aromatic heterocycles. The average Bonchev–Trinajstić information content (AvgIpc) is 2.34. The summed E-state index contributed by atoms with van der Waals surface area (Å²) in [5.74, 6) is -1.20. The number of ether oxygens (including phenoxy) is 1. The van der Waals surface area contributed by atoms with Crippen molar-refractivity contribution in [1.29, 1.82) is 0 Å². The van der Waals surface area contributed by atoms with E-state index in [1.165, 1.54) is 19.2 Å². The molecule has 1 aromatic rings. The van der Waals surface area contributed by atoms with Crippen LogP contribution in [-0.4, -0.2) is 32.6 Å². The number of aliphatic carboxylic acids is 1. The van der Waals surface area contributed by atoms with Gasteiger partial charge >= 0.3 is 5.97 Å². The van der Waals surface area contributed by atoms with Crippen molar-refractivity contribution in [2.24, 2.45) is 0 Å². The minimum atomic E-state index is -4.07. The molecular weight excluding hydrogens is 374 g/mol. The molecule has 6 nitrogen and oxygen atoms in total. The standard InChI is InChI=1S/C11H13BrClNO5S/c1-3-8(11(15)16)14-20(17,18)9-5-6(13)4-7(12)10(9)19-2/h4-5,8,14H,3H2,1-2H3,(H,15,16)/t8-/m0/s1. The Morgan fingerprint density at radius 1 is 1.55 bits per heavy atom. The Balaban J connectivity index is 3.32. The highest BCUT2D eigenvalue weighted by Crippen LogP contribution is 2.35. The Bertz CT molecular complexity index is 619. The fraction of sp³-hybridized carbons (Fsp3) is 0.364. The SMILES string of the molecule is CC[C@H](NS(=O)(=O)c1cc(Cl)cc(Br)c1OC)C(=O)O. The molecule has 9 heteroatoms. The highest BCUT2D eigenvalue weighted by atomic mass is 79.9. The van der Waals surface area contributed by atoms with Gasteiger partial charge < -0.3 is 9.84 Å². The maximum Gasteiger partial charge on any atom is 0.321 e. The predicted molar refractivity (Wildman–Crippen MR) is 77.7 cm³/mol. The van der Waals surface area contributed by atoms with E-state index < -0.39 is 22.0 Å². The molecule has 1 rings (SSSR count). The monoisotopic (exact) mass is 385 g/mol. The maximum atomic E-state index is 12.3. The first kappa shape index (κ1) is 17.2. The van der Waals surface area contributed by atoms with Crippen LogP contribution in [0.4, 0.5) is 0 Å². The minimum absolute atomic E-state index is 0.0575. The molecule has 0 spiro atoms. The van der Waals surface area contributed by atoms with Gasteiger partial charge in [-0.3, -0.25) is 4.79 Å². The third kappa shape index (κ3) is 3.85. The molecule has 112 valence electrons. The summed E-state index contributed by atoms with van der Waals surface area (Å²) >= 11 is 8.97. The van der Waals surface area contributed by atoms with Gasteiger partial charge in [0.05, 0.1) is 11.6 Å². The van der Waals surface area contributed by atoms with Crippen LogP contribution in [0, 0.1) is 0 Å². The lowest BCUT2D eigenvalue weighted by molar-refractivity contribution is -0.139. The number of nitrogens with one attached hydrogen (secondary N) is 1. The van der Waals surface area contributed by atoms with E-state index in [4.69, 9.17) is 21.4 Å². The van der Waals surface area contributed by atoms with Crippen LogP contribution in [0.2, 0.25) is 5.02 Å². The number of sulfonamides is 1. The van der Waals surface area contributed by atoms with Gasteiger partial charge in [0.1, 0.15) is 10.9 Å². The number of carboxylic acids is 1. The van der Waals surface area contributed by atoms with Gasteiger partial charge in [-0.25, -0.2) is 8.42 Å². The highest BCUT2D eigenvalue weighted by molar-refractivity contribution is 9.10. The molecule has 0 saturated heterocycles. The van der Waals surface area contributed by atoms with Crippen molar-refractivity contribution in [3.05, 3.63) is 21.6 Å². The Morgan fingerprint density at radius 3 is 2.60 bits per heavy atom. The molecule has 2 N–H and O–H groups in total. The van der Waals surface area contributed by atoms with Crippen LogP contribution >= 0.6 is 27.5 Å². The van der Waals surface area contributed by atoms with Crippen LogP contribution in [0.3, 0.4) is 0 Å². The molecule has 0 aliphatic rings. The normalized spacial score (nSPS) is 13.0. The van der Waals surface area contributed by atoms with Gasteiger partial charge in [0, 0.05) is 5.02 Å². The third-order valence-corrected chi connectivity index (χ3v) is 4.76. The average molecular weight is 387 g/mol. The summed E-state index contributed by atoms with van der Waals surface area (Å²) < 4.78 is 32.0. The van der Waals surface area contributed by atoms with E-state index in [1.807, 2.05) is 0 Å².